The molecule has 1 aliphatic carbocycles. The Labute approximate surface area is 159 Å². The van der Waals surface area contributed by atoms with Crippen LogP contribution < -0.4 is 5.32 Å². The van der Waals surface area contributed by atoms with Crippen molar-refractivity contribution < 1.29 is 9.63 Å². The minimum Gasteiger partial charge on any atom is -0.298 e. The number of benzene rings is 2. The first-order valence-electron chi connectivity index (χ1n) is 9.00. The van der Waals surface area contributed by atoms with Gasteiger partial charge in [0.15, 0.2) is 0 Å². The summed E-state index contributed by atoms with van der Waals surface area (Å²) < 4.78 is 0. The third-order valence-electron chi connectivity index (χ3n) is 4.76. The number of nitrogens with one attached hydrogen (secondary N) is 1. The van der Waals surface area contributed by atoms with Crippen LogP contribution >= 0.6 is 11.6 Å². The maximum Gasteiger partial charge on any atom is 0.437 e. The summed E-state index contributed by atoms with van der Waals surface area (Å²) in [6, 6.07) is 15.2. The molecule has 0 unspecified atom stereocenters. The minimum atomic E-state index is -0.634. The zero-order chi connectivity index (χ0) is 18.4. The van der Waals surface area contributed by atoms with E-state index in [-0.39, 0.29) is 0 Å². The number of hydrogen-bond acceptors (Lipinski definition) is 3. The van der Waals surface area contributed by atoms with Crippen LogP contribution in [0.3, 0.4) is 0 Å². The lowest BCUT2D eigenvalue weighted by Gasteiger charge is -2.22. The van der Waals surface area contributed by atoms with Crippen molar-refractivity contribution in [1.29, 1.82) is 0 Å². The van der Waals surface area contributed by atoms with E-state index in [0.29, 0.717) is 22.3 Å². The van der Waals surface area contributed by atoms with Crippen molar-refractivity contribution in [2.24, 2.45) is 5.16 Å². The van der Waals surface area contributed by atoms with E-state index in [1.165, 1.54) is 37.7 Å². The number of rotatable bonds is 4. The number of hydrogen-bond donors (Lipinski definition) is 1. The molecule has 1 N–H and O–H groups in total. The van der Waals surface area contributed by atoms with Crippen LogP contribution in [0, 0.1) is 0 Å². The van der Waals surface area contributed by atoms with Gasteiger partial charge < -0.3 is 0 Å². The molecule has 0 atom stereocenters. The Morgan fingerprint density at radius 2 is 1.69 bits per heavy atom. The molecule has 0 aromatic heterocycles. The molecule has 1 aliphatic rings. The minimum absolute atomic E-state index is 0.601. The third-order valence-corrected chi connectivity index (χ3v) is 5.01. The molecule has 1 saturated carbocycles. The molecule has 0 radical (unpaired) electrons. The quantitative estimate of drug-likeness (QED) is 0.386. The summed E-state index contributed by atoms with van der Waals surface area (Å²) in [5.74, 6) is 0.677. The van der Waals surface area contributed by atoms with Crippen LogP contribution in [0.1, 0.15) is 56.1 Å². The van der Waals surface area contributed by atoms with E-state index < -0.39 is 6.09 Å². The van der Waals surface area contributed by atoms with Gasteiger partial charge in [-0.05, 0) is 61.1 Å². The first kappa shape index (κ1) is 18.5. The van der Waals surface area contributed by atoms with Crippen LogP contribution in [0.15, 0.2) is 53.7 Å². The van der Waals surface area contributed by atoms with Gasteiger partial charge in [0.1, 0.15) is 0 Å². The van der Waals surface area contributed by atoms with E-state index in [1.54, 1.807) is 24.3 Å². The molecule has 0 aliphatic heterocycles. The third kappa shape index (κ3) is 5.09. The van der Waals surface area contributed by atoms with Gasteiger partial charge in [-0.2, -0.15) is 0 Å². The molecule has 1 amide bonds. The summed E-state index contributed by atoms with van der Waals surface area (Å²) in [6.45, 7) is 1.82. The highest BCUT2D eigenvalue weighted by molar-refractivity contribution is 6.30. The van der Waals surface area contributed by atoms with Gasteiger partial charge in [0.25, 0.3) is 0 Å². The Balaban J connectivity index is 1.56. The Kier molecular flexibility index (Phi) is 6.29. The Bertz CT molecular complexity index is 764. The smallest absolute Gasteiger partial charge is 0.298 e. The molecular weight excluding hydrogens is 348 g/mol. The standard InChI is InChI=1S/C21H23ClN2O2/c1-15(24-26-21(25)23-20-13-11-19(22)12-14-20)16-7-9-18(10-8-16)17-5-3-2-4-6-17/h7-14,17H,2-6H2,1H3,(H,23,25)/b24-15-. The van der Waals surface area contributed by atoms with Gasteiger partial charge in [-0.3, -0.25) is 10.2 Å². The van der Waals surface area contributed by atoms with Gasteiger partial charge >= 0.3 is 6.09 Å². The number of halogens is 1. The predicted octanol–water partition coefficient (Wildman–Crippen LogP) is 6.36. The van der Waals surface area contributed by atoms with E-state index in [9.17, 15) is 4.79 Å². The van der Waals surface area contributed by atoms with Crippen molar-refractivity contribution in [3.8, 4) is 0 Å². The Morgan fingerprint density at radius 3 is 2.35 bits per heavy atom. The number of amides is 1. The van der Waals surface area contributed by atoms with Crippen molar-refractivity contribution in [2.45, 2.75) is 44.9 Å². The van der Waals surface area contributed by atoms with Crippen LogP contribution in [-0.2, 0) is 4.84 Å². The van der Waals surface area contributed by atoms with Crippen molar-refractivity contribution in [1.82, 2.24) is 0 Å². The molecule has 0 heterocycles. The van der Waals surface area contributed by atoms with E-state index in [0.717, 1.165) is 5.56 Å². The molecule has 2 aromatic carbocycles. The number of anilines is 1. The SMILES string of the molecule is C/C(=N/OC(=O)Nc1ccc(Cl)cc1)c1ccc(C2CCCCC2)cc1. The molecule has 4 nitrogen and oxygen atoms in total. The molecule has 136 valence electrons. The predicted molar refractivity (Wildman–Crippen MR) is 106 cm³/mol. The first-order valence-corrected chi connectivity index (χ1v) is 9.38. The highest BCUT2D eigenvalue weighted by Crippen LogP contribution is 2.32. The average molecular weight is 371 g/mol. The van der Waals surface area contributed by atoms with Gasteiger partial charge in [-0.25, -0.2) is 4.79 Å². The van der Waals surface area contributed by atoms with Gasteiger partial charge in [0.2, 0.25) is 0 Å². The summed E-state index contributed by atoms with van der Waals surface area (Å²) in [5, 5.41) is 7.14. The molecular formula is C21H23ClN2O2. The fourth-order valence-electron chi connectivity index (χ4n) is 3.27. The van der Waals surface area contributed by atoms with Crippen LogP contribution in [0.5, 0.6) is 0 Å². The molecule has 1 fully saturated rings. The summed E-state index contributed by atoms with van der Waals surface area (Å²) in [4.78, 5) is 16.8. The lowest BCUT2D eigenvalue weighted by Crippen LogP contribution is -2.12. The van der Waals surface area contributed by atoms with Gasteiger partial charge in [0.05, 0.1) is 5.71 Å². The molecule has 3 rings (SSSR count). The topological polar surface area (TPSA) is 50.7 Å². The molecule has 0 bridgehead atoms. The zero-order valence-electron chi connectivity index (χ0n) is 14.9. The fourth-order valence-corrected chi connectivity index (χ4v) is 3.39. The number of nitrogens with zero attached hydrogens (tertiary/aromatic N) is 1. The van der Waals surface area contributed by atoms with Crippen LogP contribution in [0.2, 0.25) is 5.02 Å². The maximum absolute atomic E-state index is 11.8. The van der Waals surface area contributed by atoms with Crippen molar-refractivity contribution in [3.63, 3.8) is 0 Å². The molecule has 26 heavy (non-hydrogen) atoms. The Morgan fingerprint density at radius 1 is 1.04 bits per heavy atom. The largest absolute Gasteiger partial charge is 0.437 e. The van der Waals surface area contributed by atoms with Crippen molar-refractivity contribution >= 4 is 29.1 Å². The Hall–Kier alpha value is -2.33. The maximum atomic E-state index is 11.8. The van der Waals surface area contributed by atoms with E-state index in [1.807, 2.05) is 19.1 Å². The second kappa shape index (κ2) is 8.86. The normalized spacial score (nSPS) is 15.5. The van der Waals surface area contributed by atoms with E-state index >= 15 is 0 Å². The highest BCUT2D eigenvalue weighted by atomic mass is 35.5. The number of carbonyl (C=O) groups is 1. The second-order valence-corrected chi connectivity index (χ2v) is 7.08. The fraction of sp³-hybridized carbons (Fsp3) is 0.333. The monoisotopic (exact) mass is 370 g/mol. The van der Waals surface area contributed by atoms with Crippen LogP contribution in [0.4, 0.5) is 10.5 Å². The van der Waals surface area contributed by atoms with Gasteiger partial charge in [-0.1, -0.05) is 60.3 Å². The van der Waals surface area contributed by atoms with Gasteiger partial charge in [0, 0.05) is 10.7 Å². The number of oxime groups is 1. The molecule has 0 spiro atoms. The second-order valence-electron chi connectivity index (χ2n) is 6.64. The summed E-state index contributed by atoms with van der Waals surface area (Å²) in [5.41, 5.74) is 3.60. The molecule has 0 saturated heterocycles. The van der Waals surface area contributed by atoms with E-state index in [2.05, 4.69) is 22.6 Å². The zero-order valence-corrected chi connectivity index (χ0v) is 15.6. The first-order chi connectivity index (χ1) is 12.6. The average Bonchev–Trinajstić information content (AvgIpc) is 2.69. The van der Waals surface area contributed by atoms with Crippen molar-refractivity contribution in [3.05, 3.63) is 64.7 Å². The highest BCUT2D eigenvalue weighted by Gasteiger charge is 2.15. The van der Waals surface area contributed by atoms with Gasteiger partial charge in [-0.15, -0.1) is 0 Å². The summed E-state index contributed by atoms with van der Waals surface area (Å²) in [7, 11) is 0. The van der Waals surface area contributed by atoms with Crippen LogP contribution in [-0.4, -0.2) is 11.8 Å². The lowest BCUT2D eigenvalue weighted by molar-refractivity contribution is 0.166. The summed E-state index contributed by atoms with van der Waals surface area (Å²) >= 11 is 5.81. The summed E-state index contributed by atoms with van der Waals surface area (Å²) in [6.07, 6.45) is 5.93. The number of carbonyl (C=O) groups excluding carboxylic acids is 1. The lowest BCUT2D eigenvalue weighted by atomic mass is 9.84. The molecule has 2 aromatic rings. The van der Waals surface area contributed by atoms with Crippen molar-refractivity contribution in [2.75, 3.05) is 5.32 Å². The van der Waals surface area contributed by atoms with E-state index in [4.69, 9.17) is 16.4 Å². The molecule has 5 heteroatoms. The van der Waals surface area contributed by atoms with Crippen LogP contribution in [0.25, 0.3) is 0 Å².